The molecule has 4 heteroatoms. The minimum absolute atomic E-state index is 0.179. The van der Waals surface area contributed by atoms with E-state index in [4.69, 9.17) is 9.47 Å². The van der Waals surface area contributed by atoms with Crippen molar-refractivity contribution in [3.63, 3.8) is 0 Å². The Morgan fingerprint density at radius 3 is 2.75 bits per heavy atom. The molecule has 0 saturated heterocycles. The summed E-state index contributed by atoms with van der Waals surface area (Å²) in [5, 5.41) is 12.8. The van der Waals surface area contributed by atoms with Crippen molar-refractivity contribution in [2.45, 2.75) is 13.0 Å². The molecule has 0 saturated carbocycles. The van der Waals surface area contributed by atoms with Gasteiger partial charge in [0, 0.05) is 20.3 Å². The number of benzene rings is 1. The van der Waals surface area contributed by atoms with Crippen LogP contribution in [0.4, 0.5) is 0 Å². The van der Waals surface area contributed by atoms with Crippen LogP contribution in [0.15, 0.2) is 18.2 Å². The number of rotatable bonds is 7. The summed E-state index contributed by atoms with van der Waals surface area (Å²) >= 11 is 0. The third kappa shape index (κ3) is 4.08. The maximum absolute atomic E-state index is 9.56. The monoisotopic (exact) mass is 225 g/mol. The summed E-state index contributed by atoms with van der Waals surface area (Å²) in [5.41, 5.74) is 1.04. The van der Waals surface area contributed by atoms with E-state index in [1.807, 2.05) is 6.07 Å². The number of nitrogens with one attached hydrogen (secondary N) is 1. The van der Waals surface area contributed by atoms with Gasteiger partial charge in [-0.15, -0.1) is 0 Å². The number of phenolic OH excluding ortho intramolecular Hbond substituents is 1. The molecule has 0 amide bonds. The van der Waals surface area contributed by atoms with Gasteiger partial charge in [0.2, 0.25) is 0 Å². The van der Waals surface area contributed by atoms with Crippen molar-refractivity contribution in [1.29, 1.82) is 0 Å². The average molecular weight is 225 g/mol. The fourth-order valence-corrected chi connectivity index (χ4v) is 1.42. The second kappa shape index (κ2) is 7.09. The first-order valence-electron chi connectivity index (χ1n) is 5.33. The molecule has 0 bridgehead atoms. The van der Waals surface area contributed by atoms with Gasteiger partial charge in [0.05, 0.1) is 7.11 Å². The van der Waals surface area contributed by atoms with E-state index in [9.17, 15) is 5.11 Å². The maximum Gasteiger partial charge on any atom is 0.160 e. The lowest BCUT2D eigenvalue weighted by atomic mass is 10.2. The lowest BCUT2D eigenvalue weighted by molar-refractivity contribution is 0.194. The molecule has 1 rings (SSSR count). The summed E-state index contributed by atoms with van der Waals surface area (Å²) in [6.07, 6.45) is 0.985. The number of aromatic hydroxyl groups is 1. The van der Waals surface area contributed by atoms with E-state index < -0.39 is 0 Å². The van der Waals surface area contributed by atoms with Crippen molar-refractivity contribution in [1.82, 2.24) is 5.32 Å². The molecule has 0 atom stereocenters. The van der Waals surface area contributed by atoms with Crippen LogP contribution in [0, 0.1) is 0 Å². The quantitative estimate of drug-likeness (QED) is 0.691. The lowest BCUT2D eigenvalue weighted by Crippen LogP contribution is -2.16. The number of phenols is 1. The van der Waals surface area contributed by atoms with Crippen LogP contribution in [0.3, 0.4) is 0 Å². The van der Waals surface area contributed by atoms with Gasteiger partial charge >= 0.3 is 0 Å². The second-order valence-electron chi connectivity index (χ2n) is 3.53. The van der Waals surface area contributed by atoms with Gasteiger partial charge in [-0.25, -0.2) is 0 Å². The Morgan fingerprint density at radius 1 is 1.31 bits per heavy atom. The van der Waals surface area contributed by atoms with Crippen LogP contribution in [0.5, 0.6) is 11.5 Å². The molecule has 0 aliphatic carbocycles. The molecular weight excluding hydrogens is 206 g/mol. The predicted molar refractivity (Wildman–Crippen MR) is 62.9 cm³/mol. The molecule has 0 aromatic heterocycles. The third-order valence-corrected chi connectivity index (χ3v) is 2.27. The van der Waals surface area contributed by atoms with Crippen LogP contribution in [0.1, 0.15) is 12.0 Å². The molecule has 0 heterocycles. The van der Waals surface area contributed by atoms with Crippen molar-refractivity contribution in [3.8, 4) is 11.5 Å². The van der Waals surface area contributed by atoms with Gasteiger partial charge < -0.3 is 19.9 Å². The Bertz CT molecular complexity index is 315. The molecule has 0 fully saturated rings. The first kappa shape index (κ1) is 12.8. The molecule has 0 unspecified atom stereocenters. The zero-order valence-corrected chi connectivity index (χ0v) is 9.82. The van der Waals surface area contributed by atoms with E-state index in [2.05, 4.69) is 5.32 Å². The second-order valence-corrected chi connectivity index (χ2v) is 3.53. The summed E-state index contributed by atoms with van der Waals surface area (Å²) in [7, 11) is 3.24. The first-order valence-corrected chi connectivity index (χ1v) is 5.33. The highest BCUT2D eigenvalue weighted by Gasteiger charge is 2.01. The van der Waals surface area contributed by atoms with Gasteiger partial charge in [-0.05, 0) is 30.7 Å². The van der Waals surface area contributed by atoms with Gasteiger partial charge in [0.1, 0.15) is 0 Å². The zero-order chi connectivity index (χ0) is 11.8. The van der Waals surface area contributed by atoms with Crippen molar-refractivity contribution < 1.29 is 14.6 Å². The van der Waals surface area contributed by atoms with E-state index in [0.29, 0.717) is 5.75 Å². The lowest BCUT2D eigenvalue weighted by Gasteiger charge is -2.07. The van der Waals surface area contributed by atoms with E-state index in [1.165, 1.54) is 7.11 Å². The Balaban J connectivity index is 2.34. The summed E-state index contributed by atoms with van der Waals surface area (Å²) in [6, 6.07) is 5.41. The molecule has 0 aliphatic heterocycles. The van der Waals surface area contributed by atoms with Crippen molar-refractivity contribution >= 4 is 0 Å². The third-order valence-electron chi connectivity index (χ3n) is 2.27. The van der Waals surface area contributed by atoms with Crippen molar-refractivity contribution in [3.05, 3.63) is 23.8 Å². The van der Waals surface area contributed by atoms with Gasteiger partial charge in [-0.3, -0.25) is 0 Å². The fourth-order valence-electron chi connectivity index (χ4n) is 1.42. The highest BCUT2D eigenvalue weighted by Crippen LogP contribution is 2.25. The fraction of sp³-hybridized carbons (Fsp3) is 0.500. The van der Waals surface area contributed by atoms with Crippen LogP contribution in [0.25, 0.3) is 0 Å². The molecule has 90 valence electrons. The highest BCUT2D eigenvalue weighted by atomic mass is 16.5. The van der Waals surface area contributed by atoms with Crippen molar-refractivity contribution in [2.24, 2.45) is 0 Å². The smallest absolute Gasteiger partial charge is 0.160 e. The normalized spacial score (nSPS) is 10.4. The van der Waals surface area contributed by atoms with Crippen LogP contribution in [-0.2, 0) is 11.3 Å². The van der Waals surface area contributed by atoms with E-state index >= 15 is 0 Å². The van der Waals surface area contributed by atoms with Crippen LogP contribution in [-0.4, -0.2) is 32.5 Å². The van der Waals surface area contributed by atoms with E-state index in [1.54, 1.807) is 19.2 Å². The van der Waals surface area contributed by atoms with Crippen LogP contribution < -0.4 is 10.1 Å². The Hall–Kier alpha value is -1.26. The Kier molecular flexibility index (Phi) is 5.67. The van der Waals surface area contributed by atoms with Crippen LogP contribution >= 0.6 is 0 Å². The molecule has 1 aromatic rings. The first-order chi connectivity index (χ1) is 7.77. The average Bonchev–Trinajstić information content (AvgIpc) is 2.29. The Morgan fingerprint density at radius 2 is 2.12 bits per heavy atom. The summed E-state index contributed by atoms with van der Waals surface area (Å²) in [6.45, 7) is 2.41. The molecule has 0 radical (unpaired) electrons. The predicted octanol–water partition coefficient (Wildman–Crippen LogP) is 1.53. The topological polar surface area (TPSA) is 50.7 Å². The highest BCUT2D eigenvalue weighted by molar-refractivity contribution is 5.41. The van der Waals surface area contributed by atoms with E-state index in [-0.39, 0.29) is 5.75 Å². The number of hydrogen-bond acceptors (Lipinski definition) is 4. The molecule has 4 nitrogen and oxygen atoms in total. The summed E-state index contributed by atoms with van der Waals surface area (Å²) < 4.78 is 9.92. The maximum atomic E-state index is 9.56. The zero-order valence-electron chi connectivity index (χ0n) is 9.82. The van der Waals surface area contributed by atoms with Crippen molar-refractivity contribution in [2.75, 3.05) is 27.4 Å². The van der Waals surface area contributed by atoms with Crippen LogP contribution in [0.2, 0.25) is 0 Å². The molecule has 1 aromatic carbocycles. The van der Waals surface area contributed by atoms with E-state index in [0.717, 1.165) is 31.7 Å². The summed E-state index contributed by atoms with van der Waals surface area (Å²) in [4.78, 5) is 0. The SMILES string of the molecule is COCCCNCc1ccc(OC)c(O)c1. The molecular formula is C12H19NO3. The molecule has 0 aliphatic rings. The van der Waals surface area contributed by atoms with Gasteiger partial charge in [0.25, 0.3) is 0 Å². The number of methoxy groups -OCH3 is 2. The van der Waals surface area contributed by atoms with Gasteiger partial charge in [-0.2, -0.15) is 0 Å². The largest absolute Gasteiger partial charge is 0.504 e. The molecule has 16 heavy (non-hydrogen) atoms. The van der Waals surface area contributed by atoms with Gasteiger partial charge in [0.15, 0.2) is 11.5 Å². The molecule has 0 spiro atoms. The minimum Gasteiger partial charge on any atom is -0.504 e. The standard InChI is InChI=1S/C12H19NO3/c1-15-7-3-6-13-9-10-4-5-12(16-2)11(14)8-10/h4-5,8,13-14H,3,6-7,9H2,1-2H3. The number of hydrogen-bond donors (Lipinski definition) is 2. The molecule has 2 N–H and O–H groups in total. The Labute approximate surface area is 96.2 Å². The minimum atomic E-state index is 0.179. The number of ether oxygens (including phenoxy) is 2. The summed E-state index contributed by atoms with van der Waals surface area (Å²) in [5.74, 6) is 0.682. The van der Waals surface area contributed by atoms with Gasteiger partial charge in [-0.1, -0.05) is 6.07 Å².